The first kappa shape index (κ1) is 13.6. The number of nitrogens with zero attached hydrogens (tertiary/aromatic N) is 1. The van der Waals surface area contributed by atoms with Gasteiger partial charge in [0.05, 0.1) is 10.5 Å². The number of nitro groups is 1. The summed E-state index contributed by atoms with van der Waals surface area (Å²) in [6.45, 7) is 1.87. The molecule has 2 N–H and O–H groups in total. The zero-order valence-electron chi connectivity index (χ0n) is 10.3. The smallest absolute Gasteiger partial charge is 0.281 e. The third-order valence-corrected chi connectivity index (χ3v) is 2.84. The molecule has 0 bridgehead atoms. The van der Waals surface area contributed by atoms with E-state index in [0.717, 1.165) is 0 Å². The molecular formula is C13H13ClN2O3. The minimum absolute atomic E-state index is 0.0285. The van der Waals surface area contributed by atoms with Crippen LogP contribution in [0.15, 0.2) is 34.7 Å². The molecule has 2 rings (SSSR count). The van der Waals surface area contributed by atoms with Crippen LogP contribution in [-0.4, -0.2) is 11.0 Å². The third-order valence-electron chi connectivity index (χ3n) is 2.61. The number of nitro benzene ring substituents is 1. The maximum absolute atomic E-state index is 11.0. The molecule has 0 aliphatic rings. The summed E-state index contributed by atoms with van der Waals surface area (Å²) in [5.74, 6) is 1.15. The van der Waals surface area contributed by atoms with E-state index in [4.69, 9.17) is 21.8 Å². The van der Waals surface area contributed by atoms with Crippen LogP contribution in [0.1, 0.15) is 12.7 Å². The summed E-state index contributed by atoms with van der Waals surface area (Å²) in [6.07, 6.45) is 0.585. The minimum atomic E-state index is -0.477. The molecular weight excluding hydrogens is 268 g/mol. The average Bonchev–Trinajstić information content (AvgIpc) is 2.76. The lowest BCUT2D eigenvalue weighted by atomic mass is 10.1. The molecule has 2 aromatic rings. The number of rotatable bonds is 4. The minimum Gasteiger partial charge on any atom is -0.461 e. The predicted molar refractivity (Wildman–Crippen MR) is 73.2 cm³/mol. The number of halogens is 1. The first-order chi connectivity index (χ1) is 8.97. The van der Waals surface area contributed by atoms with Crippen LogP contribution in [0.25, 0.3) is 11.3 Å². The fourth-order valence-electron chi connectivity index (χ4n) is 1.81. The van der Waals surface area contributed by atoms with Crippen LogP contribution in [-0.2, 0) is 6.42 Å². The zero-order valence-corrected chi connectivity index (χ0v) is 11.1. The van der Waals surface area contributed by atoms with Gasteiger partial charge in [-0.25, -0.2) is 0 Å². The van der Waals surface area contributed by atoms with Gasteiger partial charge in [-0.1, -0.05) is 11.6 Å². The fraction of sp³-hybridized carbons (Fsp3) is 0.231. The molecule has 1 aromatic heterocycles. The van der Waals surface area contributed by atoms with Crippen molar-refractivity contribution in [3.63, 3.8) is 0 Å². The van der Waals surface area contributed by atoms with Crippen molar-refractivity contribution in [1.82, 2.24) is 0 Å². The van der Waals surface area contributed by atoms with Crippen LogP contribution in [0, 0.1) is 10.1 Å². The first-order valence-corrected chi connectivity index (χ1v) is 6.14. The largest absolute Gasteiger partial charge is 0.461 e. The molecule has 0 fully saturated rings. The van der Waals surface area contributed by atoms with Crippen molar-refractivity contribution < 1.29 is 9.34 Å². The number of nitrogens with two attached hydrogens (primary N) is 1. The highest BCUT2D eigenvalue weighted by molar-refractivity contribution is 6.30. The van der Waals surface area contributed by atoms with E-state index < -0.39 is 4.92 Å². The molecule has 100 valence electrons. The number of benzene rings is 1. The normalized spacial score (nSPS) is 12.4. The lowest BCUT2D eigenvalue weighted by molar-refractivity contribution is -0.384. The Labute approximate surface area is 115 Å². The van der Waals surface area contributed by atoms with Gasteiger partial charge in [0.25, 0.3) is 5.69 Å². The summed E-state index contributed by atoms with van der Waals surface area (Å²) >= 11 is 5.77. The van der Waals surface area contributed by atoms with E-state index >= 15 is 0 Å². The summed E-state index contributed by atoms with van der Waals surface area (Å²) < 4.78 is 5.58. The Balaban J connectivity index is 2.41. The van der Waals surface area contributed by atoms with Crippen molar-refractivity contribution in [1.29, 1.82) is 0 Å². The summed E-state index contributed by atoms with van der Waals surface area (Å²) in [6, 6.07) is 7.93. The Kier molecular flexibility index (Phi) is 3.87. The van der Waals surface area contributed by atoms with Crippen molar-refractivity contribution in [3.8, 4) is 11.3 Å². The van der Waals surface area contributed by atoms with E-state index in [1.165, 1.54) is 6.07 Å². The van der Waals surface area contributed by atoms with Gasteiger partial charge in [0, 0.05) is 23.6 Å². The van der Waals surface area contributed by atoms with Gasteiger partial charge in [-0.15, -0.1) is 0 Å². The van der Waals surface area contributed by atoms with Crippen LogP contribution < -0.4 is 5.73 Å². The molecule has 6 heteroatoms. The van der Waals surface area contributed by atoms with Gasteiger partial charge in [-0.05, 0) is 31.2 Å². The summed E-state index contributed by atoms with van der Waals surface area (Å²) in [5.41, 5.74) is 6.02. The molecule has 0 saturated heterocycles. The van der Waals surface area contributed by atoms with Crippen molar-refractivity contribution in [2.24, 2.45) is 5.73 Å². The van der Waals surface area contributed by atoms with Gasteiger partial charge in [-0.2, -0.15) is 0 Å². The van der Waals surface area contributed by atoms with Crippen LogP contribution in [0.5, 0.6) is 0 Å². The molecule has 1 atom stereocenters. The van der Waals surface area contributed by atoms with Gasteiger partial charge in [0.2, 0.25) is 0 Å². The highest BCUT2D eigenvalue weighted by Crippen LogP contribution is 2.33. The first-order valence-electron chi connectivity index (χ1n) is 5.76. The second kappa shape index (κ2) is 5.42. The lowest BCUT2D eigenvalue weighted by Crippen LogP contribution is -2.17. The number of furan rings is 1. The van der Waals surface area contributed by atoms with Crippen molar-refractivity contribution >= 4 is 17.3 Å². The molecule has 0 aliphatic carbocycles. The van der Waals surface area contributed by atoms with Crippen LogP contribution in [0.2, 0.25) is 5.02 Å². The summed E-state index contributed by atoms with van der Waals surface area (Å²) in [4.78, 5) is 10.5. The van der Waals surface area contributed by atoms with Gasteiger partial charge in [0.1, 0.15) is 11.5 Å². The van der Waals surface area contributed by atoms with E-state index in [0.29, 0.717) is 28.5 Å². The van der Waals surface area contributed by atoms with Crippen LogP contribution >= 0.6 is 11.6 Å². The Hall–Kier alpha value is -1.85. The standard InChI is InChI=1S/C13H13ClN2O3/c1-8(15)6-10-3-5-13(19-10)11-4-2-9(14)7-12(11)16(17)18/h2-5,7-8H,6,15H2,1H3. The van der Waals surface area contributed by atoms with Gasteiger partial charge < -0.3 is 10.2 Å². The Morgan fingerprint density at radius 1 is 1.42 bits per heavy atom. The highest BCUT2D eigenvalue weighted by atomic mass is 35.5. The maximum Gasteiger partial charge on any atom is 0.281 e. The second-order valence-electron chi connectivity index (χ2n) is 4.37. The van der Waals surface area contributed by atoms with Crippen LogP contribution in [0.4, 0.5) is 5.69 Å². The highest BCUT2D eigenvalue weighted by Gasteiger charge is 2.18. The number of hydrogen-bond acceptors (Lipinski definition) is 4. The summed E-state index contributed by atoms with van der Waals surface area (Å²) in [7, 11) is 0. The molecule has 0 saturated carbocycles. The molecule has 1 unspecified atom stereocenters. The zero-order chi connectivity index (χ0) is 14.0. The molecule has 0 amide bonds. The van der Waals surface area contributed by atoms with Gasteiger partial charge in [0.15, 0.2) is 0 Å². The number of hydrogen-bond donors (Lipinski definition) is 1. The van der Waals surface area contributed by atoms with E-state index in [-0.39, 0.29) is 11.7 Å². The third kappa shape index (κ3) is 3.13. The topological polar surface area (TPSA) is 82.3 Å². The van der Waals surface area contributed by atoms with Gasteiger partial charge in [-0.3, -0.25) is 10.1 Å². The predicted octanol–water partition coefficient (Wildman–Crippen LogP) is 3.40. The lowest BCUT2D eigenvalue weighted by Gasteiger charge is -2.02. The molecule has 1 aromatic carbocycles. The Morgan fingerprint density at radius 3 is 2.79 bits per heavy atom. The summed E-state index contributed by atoms with van der Waals surface area (Å²) in [5, 5.41) is 11.3. The molecule has 0 aliphatic heterocycles. The Morgan fingerprint density at radius 2 is 2.16 bits per heavy atom. The van der Waals surface area contributed by atoms with Crippen molar-refractivity contribution in [3.05, 3.63) is 51.2 Å². The van der Waals surface area contributed by atoms with E-state index in [1.54, 1.807) is 24.3 Å². The molecule has 5 nitrogen and oxygen atoms in total. The van der Waals surface area contributed by atoms with Gasteiger partial charge >= 0.3 is 0 Å². The van der Waals surface area contributed by atoms with Crippen LogP contribution in [0.3, 0.4) is 0 Å². The fourth-order valence-corrected chi connectivity index (χ4v) is 1.98. The van der Waals surface area contributed by atoms with Crippen molar-refractivity contribution in [2.75, 3.05) is 0 Å². The van der Waals surface area contributed by atoms with E-state index in [2.05, 4.69) is 0 Å². The molecule has 0 spiro atoms. The average molecular weight is 281 g/mol. The van der Waals surface area contributed by atoms with E-state index in [9.17, 15) is 10.1 Å². The molecule has 1 heterocycles. The second-order valence-corrected chi connectivity index (χ2v) is 4.80. The Bertz CT molecular complexity index is 608. The monoisotopic (exact) mass is 280 g/mol. The quantitative estimate of drug-likeness (QED) is 0.687. The molecule has 19 heavy (non-hydrogen) atoms. The van der Waals surface area contributed by atoms with Crippen molar-refractivity contribution in [2.45, 2.75) is 19.4 Å². The SMILES string of the molecule is CC(N)Cc1ccc(-c2ccc(Cl)cc2[N+](=O)[O-])o1. The maximum atomic E-state index is 11.0. The molecule has 0 radical (unpaired) electrons. The van der Waals surface area contributed by atoms with E-state index in [1.807, 2.05) is 6.92 Å².